The van der Waals surface area contributed by atoms with Gasteiger partial charge in [0.25, 0.3) is 5.79 Å². The zero-order valence-corrected chi connectivity index (χ0v) is 14.7. The Morgan fingerprint density at radius 2 is 1.78 bits per heavy atom. The molecule has 0 bridgehead atoms. The van der Waals surface area contributed by atoms with Crippen LogP contribution in [0.15, 0.2) is 16.6 Å². The van der Waals surface area contributed by atoms with Crippen molar-refractivity contribution < 1.29 is 19.1 Å². The van der Waals surface area contributed by atoms with Crippen LogP contribution in [-0.4, -0.2) is 30.8 Å². The molecule has 1 aromatic carbocycles. The molecule has 3 aliphatic heterocycles. The van der Waals surface area contributed by atoms with Crippen molar-refractivity contribution in [3.8, 4) is 0 Å². The molecule has 3 aliphatic rings. The highest BCUT2D eigenvalue weighted by Crippen LogP contribution is 2.46. The molecule has 6 heteroatoms. The number of nitrogens with zero attached hydrogens (tertiary/aromatic N) is 1. The van der Waals surface area contributed by atoms with Gasteiger partial charge in [-0.05, 0) is 36.1 Å². The number of hydrogen-bond acceptors (Lipinski definition) is 5. The first-order chi connectivity index (χ1) is 10.8. The van der Waals surface area contributed by atoms with Crippen LogP contribution in [0, 0.1) is 5.41 Å². The molecule has 0 aromatic heterocycles. The predicted octanol–water partition coefficient (Wildman–Crippen LogP) is 2.58. The SMILES string of the molecule is CC1(C)OC(=O)C2(Cc3cc(Br)cc4c3N(CCC4)C2)C(=O)O1. The van der Waals surface area contributed by atoms with Crippen molar-refractivity contribution in [2.45, 2.75) is 38.9 Å². The maximum Gasteiger partial charge on any atom is 0.328 e. The molecule has 1 saturated heterocycles. The van der Waals surface area contributed by atoms with E-state index in [2.05, 4.69) is 26.9 Å². The molecule has 0 amide bonds. The Labute approximate surface area is 143 Å². The minimum Gasteiger partial charge on any atom is -0.422 e. The van der Waals surface area contributed by atoms with Gasteiger partial charge in [-0.25, -0.2) is 0 Å². The Morgan fingerprint density at radius 3 is 2.48 bits per heavy atom. The van der Waals surface area contributed by atoms with Crippen molar-refractivity contribution in [2.24, 2.45) is 5.41 Å². The van der Waals surface area contributed by atoms with Crippen LogP contribution in [0.5, 0.6) is 0 Å². The van der Waals surface area contributed by atoms with Gasteiger partial charge in [-0.1, -0.05) is 15.9 Å². The monoisotopic (exact) mass is 379 g/mol. The lowest BCUT2D eigenvalue weighted by atomic mass is 9.75. The second-order valence-corrected chi connectivity index (χ2v) is 7.95. The smallest absolute Gasteiger partial charge is 0.328 e. The molecule has 122 valence electrons. The van der Waals surface area contributed by atoms with Gasteiger partial charge in [0.05, 0.1) is 0 Å². The Hall–Kier alpha value is -1.56. The Balaban J connectivity index is 1.82. The fourth-order valence-corrected chi connectivity index (χ4v) is 4.46. The number of hydrogen-bond donors (Lipinski definition) is 0. The molecule has 0 saturated carbocycles. The minimum absolute atomic E-state index is 0.332. The molecule has 1 spiro atoms. The molecule has 0 unspecified atom stereocenters. The summed E-state index contributed by atoms with van der Waals surface area (Å²) >= 11 is 3.54. The Kier molecular flexibility index (Phi) is 3.08. The van der Waals surface area contributed by atoms with Gasteiger partial charge in [0, 0.05) is 43.5 Å². The number of carbonyl (C=O) groups excluding carboxylic acids is 2. The van der Waals surface area contributed by atoms with Crippen molar-refractivity contribution in [3.05, 3.63) is 27.7 Å². The van der Waals surface area contributed by atoms with Crippen LogP contribution in [0.3, 0.4) is 0 Å². The van der Waals surface area contributed by atoms with Gasteiger partial charge in [-0.3, -0.25) is 9.59 Å². The highest BCUT2D eigenvalue weighted by atomic mass is 79.9. The van der Waals surface area contributed by atoms with E-state index in [0.717, 1.165) is 29.4 Å². The zero-order chi connectivity index (χ0) is 16.4. The highest BCUT2D eigenvalue weighted by molar-refractivity contribution is 9.10. The van der Waals surface area contributed by atoms with Crippen molar-refractivity contribution in [1.82, 2.24) is 0 Å². The second kappa shape index (κ2) is 4.72. The molecule has 1 aromatic rings. The molecule has 0 N–H and O–H groups in total. The number of ether oxygens (including phenoxy) is 2. The Bertz CT molecular complexity index is 708. The van der Waals surface area contributed by atoms with Gasteiger partial charge in [0.1, 0.15) is 0 Å². The molecule has 0 atom stereocenters. The second-order valence-electron chi connectivity index (χ2n) is 7.04. The molecule has 1 fully saturated rings. The molecule has 23 heavy (non-hydrogen) atoms. The number of esters is 2. The van der Waals surface area contributed by atoms with E-state index in [-0.39, 0.29) is 0 Å². The van der Waals surface area contributed by atoms with Gasteiger partial charge in [-0.2, -0.15) is 0 Å². The zero-order valence-electron chi connectivity index (χ0n) is 13.1. The summed E-state index contributed by atoms with van der Waals surface area (Å²) < 4.78 is 11.8. The fraction of sp³-hybridized carbons (Fsp3) is 0.529. The van der Waals surface area contributed by atoms with Crippen LogP contribution < -0.4 is 4.90 Å². The maximum absolute atomic E-state index is 12.7. The van der Waals surface area contributed by atoms with E-state index in [4.69, 9.17) is 9.47 Å². The largest absolute Gasteiger partial charge is 0.422 e. The van der Waals surface area contributed by atoms with Crippen LogP contribution >= 0.6 is 15.9 Å². The van der Waals surface area contributed by atoms with E-state index in [1.165, 1.54) is 11.3 Å². The lowest BCUT2D eigenvalue weighted by Crippen LogP contribution is -2.61. The molecule has 0 radical (unpaired) electrons. The number of anilines is 1. The summed E-state index contributed by atoms with van der Waals surface area (Å²) in [4.78, 5) is 27.5. The van der Waals surface area contributed by atoms with Gasteiger partial charge in [0.2, 0.25) is 0 Å². The summed E-state index contributed by atoms with van der Waals surface area (Å²) in [6.07, 6.45) is 2.36. The number of rotatable bonds is 0. The van der Waals surface area contributed by atoms with Crippen LogP contribution in [0.2, 0.25) is 0 Å². The van der Waals surface area contributed by atoms with E-state index in [0.29, 0.717) is 13.0 Å². The molecular weight excluding hydrogens is 362 g/mol. The maximum atomic E-state index is 12.7. The minimum atomic E-state index is -1.25. The topological polar surface area (TPSA) is 55.8 Å². The van der Waals surface area contributed by atoms with Gasteiger partial charge < -0.3 is 14.4 Å². The first-order valence-corrected chi connectivity index (χ1v) is 8.63. The quantitative estimate of drug-likeness (QED) is 0.512. The van der Waals surface area contributed by atoms with E-state index in [1.807, 2.05) is 6.07 Å². The summed E-state index contributed by atoms with van der Waals surface area (Å²) in [7, 11) is 0. The van der Waals surface area contributed by atoms with Crippen LogP contribution in [0.1, 0.15) is 31.4 Å². The van der Waals surface area contributed by atoms with E-state index in [1.54, 1.807) is 13.8 Å². The summed E-state index contributed by atoms with van der Waals surface area (Å²) in [5.74, 6) is -2.14. The number of halogens is 1. The molecule has 0 aliphatic carbocycles. The lowest BCUT2D eigenvalue weighted by molar-refractivity contribution is -0.250. The third kappa shape index (κ3) is 2.18. The van der Waals surface area contributed by atoms with Gasteiger partial charge in [-0.15, -0.1) is 0 Å². The summed E-state index contributed by atoms with van der Waals surface area (Å²) in [5, 5.41) is 0. The van der Waals surface area contributed by atoms with Crippen LogP contribution in [0.4, 0.5) is 5.69 Å². The van der Waals surface area contributed by atoms with Crippen LogP contribution in [0.25, 0.3) is 0 Å². The molecule has 5 nitrogen and oxygen atoms in total. The summed E-state index contributed by atoms with van der Waals surface area (Å²) in [6, 6.07) is 4.13. The highest BCUT2D eigenvalue weighted by Gasteiger charge is 2.59. The number of cyclic esters (lactones) is 2. The first kappa shape index (κ1) is 15.0. The summed E-state index contributed by atoms with van der Waals surface area (Å²) in [5.41, 5.74) is 2.20. The van der Waals surface area contributed by atoms with Crippen molar-refractivity contribution in [2.75, 3.05) is 18.0 Å². The van der Waals surface area contributed by atoms with Crippen molar-refractivity contribution in [3.63, 3.8) is 0 Å². The Morgan fingerprint density at radius 1 is 1.13 bits per heavy atom. The molecular formula is C17H18BrNO4. The van der Waals surface area contributed by atoms with E-state index in [9.17, 15) is 9.59 Å². The van der Waals surface area contributed by atoms with Crippen molar-refractivity contribution in [1.29, 1.82) is 0 Å². The third-order valence-corrected chi connectivity index (χ3v) is 5.29. The predicted molar refractivity (Wildman–Crippen MR) is 87.1 cm³/mol. The van der Waals surface area contributed by atoms with Crippen molar-refractivity contribution >= 4 is 33.6 Å². The average Bonchev–Trinajstić information content (AvgIpc) is 2.44. The molecule has 3 heterocycles. The standard InChI is InChI=1S/C17H18BrNO4/c1-16(2)22-14(20)17(15(21)23-16)8-11-7-12(18)6-10-4-3-5-19(9-17)13(10)11/h6-7H,3-5,8-9H2,1-2H3. The lowest BCUT2D eigenvalue weighted by Gasteiger charge is -2.47. The van der Waals surface area contributed by atoms with E-state index < -0.39 is 23.1 Å². The van der Waals surface area contributed by atoms with Gasteiger partial charge in [0.15, 0.2) is 5.41 Å². The van der Waals surface area contributed by atoms with E-state index >= 15 is 0 Å². The van der Waals surface area contributed by atoms with Gasteiger partial charge >= 0.3 is 11.9 Å². The number of benzene rings is 1. The number of carbonyl (C=O) groups is 2. The fourth-order valence-electron chi connectivity index (χ4n) is 3.91. The third-order valence-electron chi connectivity index (χ3n) is 4.83. The normalized spacial score (nSPS) is 24.0. The number of aryl methyl sites for hydroxylation is 1. The summed E-state index contributed by atoms with van der Waals surface area (Å²) in [6.45, 7) is 4.35. The first-order valence-electron chi connectivity index (χ1n) is 7.84. The average molecular weight is 380 g/mol. The molecule has 4 rings (SSSR count). The van der Waals surface area contributed by atoms with Crippen LogP contribution in [-0.2, 0) is 31.9 Å².